The molecule has 2 atom stereocenters. The van der Waals surface area contributed by atoms with Crippen LogP contribution in [0, 0.1) is 13.8 Å². The molecule has 2 aromatic carbocycles. The van der Waals surface area contributed by atoms with Crippen molar-refractivity contribution in [3.63, 3.8) is 0 Å². The highest BCUT2D eigenvalue weighted by Gasteiger charge is 2.41. The monoisotopic (exact) mass is 597 g/mol. The molecule has 5 rings (SSSR count). The lowest BCUT2D eigenvalue weighted by molar-refractivity contribution is -0.140. The zero-order valence-corrected chi connectivity index (χ0v) is 24.8. The molecule has 0 radical (unpaired) electrons. The van der Waals surface area contributed by atoms with Gasteiger partial charge in [0.2, 0.25) is 5.91 Å². The molecule has 2 aliphatic heterocycles. The highest BCUT2D eigenvalue weighted by Crippen LogP contribution is 2.42. The van der Waals surface area contributed by atoms with Crippen molar-refractivity contribution in [1.82, 2.24) is 9.80 Å². The quantitative estimate of drug-likeness (QED) is 0.417. The van der Waals surface area contributed by atoms with Crippen molar-refractivity contribution in [2.24, 2.45) is 0 Å². The largest absolute Gasteiger partial charge is 0.496 e. The predicted octanol–water partition coefficient (Wildman–Crippen LogP) is 5.65. The molecule has 2 unspecified atom stereocenters. The van der Waals surface area contributed by atoms with Crippen molar-refractivity contribution in [3.8, 4) is 5.75 Å². The minimum atomic E-state index is -0.0209. The number of benzene rings is 2. The smallest absolute Gasteiger partial charge is 0.261 e. The van der Waals surface area contributed by atoms with E-state index in [9.17, 15) is 9.59 Å². The van der Waals surface area contributed by atoms with Gasteiger partial charge >= 0.3 is 0 Å². The van der Waals surface area contributed by atoms with Gasteiger partial charge in [-0.3, -0.25) is 9.59 Å². The summed E-state index contributed by atoms with van der Waals surface area (Å²) in [5.74, 6) is 0.793. The molecular weight excluding hydrogens is 562 g/mol. The van der Waals surface area contributed by atoms with Crippen molar-refractivity contribution < 1.29 is 14.3 Å². The van der Waals surface area contributed by atoms with Crippen LogP contribution in [0.5, 0.6) is 5.75 Å². The lowest BCUT2D eigenvalue weighted by Crippen LogP contribution is -2.57. The van der Waals surface area contributed by atoms with E-state index in [1.54, 1.807) is 18.9 Å². The molecule has 0 N–H and O–H groups in total. The Bertz CT molecular complexity index is 1240. The highest BCUT2D eigenvalue weighted by molar-refractivity contribution is 9.10. The van der Waals surface area contributed by atoms with Crippen LogP contribution in [-0.4, -0.2) is 72.7 Å². The third-order valence-corrected chi connectivity index (χ3v) is 10.2. The van der Waals surface area contributed by atoms with Gasteiger partial charge in [-0.2, -0.15) is 0 Å². The number of hydrogen-bond donors (Lipinski definition) is 0. The van der Waals surface area contributed by atoms with E-state index in [4.69, 9.17) is 4.74 Å². The van der Waals surface area contributed by atoms with Gasteiger partial charge in [-0.15, -0.1) is 11.8 Å². The molecular formula is C30H36BrN3O3S. The van der Waals surface area contributed by atoms with Crippen LogP contribution in [0.15, 0.2) is 45.8 Å². The Morgan fingerprint density at radius 2 is 1.87 bits per heavy atom. The number of hydrogen-bond acceptors (Lipinski definition) is 5. The minimum absolute atomic E-state index is 0.0209. The first kappa shape index (κ1) is 27.1. The van der Waals surface area contributed by atoms with Gasteiger partial charge in [-0.05, 0) is 83.6 Å². The van der Waals surface area contributed by atoms with Crippen LogP contribution in [0.1, 0.15) is 42.4 Å². The second kappa shape index (κ2) is 11.7. The average Bonchev–Trinajstić information content (AvgIpc) is 2.92. The second-order valence-corrected chi connectivity index (χ2v) is 12.6. The molecule has 0 aromatic heterocycles. The third-order valence-electron chi connectivity index (χ3n) is 8.15. The van der Waals surface area contributed by atoms with Crippen molar-refractivity contribution in [1.29, 1.82) is 0 Å². The van der Waals surface area contributed by atoms with E-state index >= 15 is 0 Å². The summed E-state index contributed by atoms with van der Waals surface area (Å²) >= 11 is 5.24. The molecule has 38 heavy (non-hydrogen) atoms. The van der Waals surface area contributed by atoms with Crippen LogP contribution >= 0.6 is 27.7 Å². The summed E-state index contributed by atoms with van der Waals surface area (Å²) in [6, 6.07) is 12.4. The summed E-state index contributed by atoms with van der Waals surface area (Å²) in [5, 5.41) is 0.336. The maximum Gasteiger partial charge on any atom is 0.261 e. The van der Waals surface area contributed by atoms with Crippen LogP contribution in [0.25, 0.3) is 6.08 Å². The van der Waals surface area contributed by atoms with Gasteiger partial charge in [-0.25, -0.2) is 0 Å². The maximum absolute atomic E-state index is 13.7. The molecule has 2 heterocycles. The number of anilines is 1. The van der Waals surface area contributed by atoms with Crippen LogP contribution in [0.3, 0.4) is 0 Å². The number of piperazine rings is 1. The van der Waals surface area contributed by atoms with Gasteiger partial charge in [0.15, 0.2) is 0 Å². The number of carbonyl (C=O) groups is 2. The molecule has 1 aliphatic carbocycles. The number of ether oxygens (including phenoxy) is 1. The van der Waals surface area contributed by atoms with E-state index in [2.05, 4.69) is 52.9 Å². The first-order chi connectivity index (χ1) is 18.4. The Morgan fingerprint density at radius 1 is 1.11 bits per heavy atom. The molecule has 0 spiro atoms. The van der Waals surface area contributed by atoms with Crippen molar-refractivity contribution in [2.45, 2.75) is 50.8 Å². The number of fused-ring (bicyclic) bond motifs is 1. The Morgan fingerprint density at radius 3 is 2.61 bits per heavy atom. The summed E-state index contributed by atoms with van der Waals surface area (Å²) in [5.41, 5.74) is 4.78. The highest BCUT2D eigenvalue weighted by atomic mass is 79.9. The van der Waals surface area contributed by atoms with Gasteiger partial charge in [0.05, 0.1) is 16.5 Å². The molecule has 2 amide bonds. The summed E-state index contributed by atoms with van der Waals surface area (Å²) in [6.07, 6.45) is 6.29. The van der Waals surface area contributed by atoms with E-state index in [0.29, 0.717) is 18.3 Å². The average molecular weight is 599 g/mol. The minimum Gasteiger partial charge on any atom is -0.496 e. The van der Waals surface area contributed by atoms with Gasteiger partial charge in [-0.1, -0.05) is 31.0 Å². The molecule has 2 aromatic rings. The third kappa shape index (κ3) is 5.62. The van der Waals surface area contributed by atoms with E-state index in [1.165, 1.54) is 23.2 Å². The van der Waals surface area contributed by atoms with E-state index < -0.39 is 0 Å². The van der Waals surface area contributed by atoms with Gasteiger partial charge in [0.1, 0.15) is 12.3 Å². The Hall–Kier alpha value is -2.45. The zero-order valence-electron chi connectivity index (χ0n) is 22.4. The predicted molar refractivity (Wildman–Crippen MR) is 159 cm³/mol. The van der Waals surface area contributed by atoms with Crippen LogP contribution < -0.4 is 9.64 Å². The summed E-state index contributed by atoms with van der Waals surface area (Å²) in [4.78, 5) is 34.2. The molecule has 8 heteroatoms. The molecule has 0 bridgehead atoms. The Kier molecular flexibility index (Phi) is 8.38. The van der Waals surface area contributed by atoms with Crippen molar-refractivity contribution in [2.75, 3.05) is 44.7 Å². The Balaban J connectivity index is 1.29. The van der Waals surface area contributed by atoms with Gasteiger partial charge in [0.25, 0.3) is 5.91 Å². The van der Waals surface area contributed by atoms with Gasteiger partial charge in [0, 0.05) is 43.2 Å². The number of amides is 2. The Labute approximate surface area is 238 Å². The molecule has 6 nitrogen and oxygen atoms in total. The number of halogens is 1. The topological polar surface area (TPSA) is 53.1 Å². The zero-order chi connectivity index (χ0) is 26.8. The van der Waals surface area contributed by atoms with Crippen LogP contribution in [0.4, 0.5) is 5.69 Å². The number of carbonyl (C=O) groups excluding carboxylic acids is 2. The molecule has 202 valence electrons. The fourth-order valence-electron chi connectivity index (χ4n) is 5.81. The summed E-state index contributed by atoms with van der Waals surface area (Å²) in [7, 11) is 1.64. The fourth-order valence-corrected chi connectivity index (χ4v) is 7.84. The number of methoxy groups -OCH3 is 1. The first-order valence-corrected chi connectivity index (χ1v) is 15.1. The van der Waals surface area contributed by atoms with E-state index in [-0.39, 0.29) is 24.4 Å². The molecule has 3 fully saturated rings. The molecule has 2 saturated heterocycles. The fraction of sp³-hybridized carbons (Fsp3) is 0.467. The number of aryl methyl sites for hydroxylation is 1. The van der Waals surface area contributed by atoms with E-state index in [1.807, 2.05) is 34.1 Å². The second-order valence-electron chi connectivity index (χ2n) is 10.4. The SMILES string of the molecule is COc1ccc(/C=C2\SC3CCCCC3N(CC(=O)N3CCN(c4cccc(C)c4C)CC3)C2=O)cc1Br. The van der Waals surface area contributed by atoms with Gasteiger partial charge < -0.3 is 19.4 Å². The lowest BCUT2D eigenvalue weighted by atomic mass is 9.93. The standard InChI is InChI=1S/C30H36BrN3O3S/c1-20-7-6-9-24(21(20)2)32-13-15-33(16-14-32)29(35)19-34-25-8-4-5-10-27(25)38-28(30(34)36)18-22-11-12-26(37-3)23(31)17-22/h6-7,9,11-12,17-18,25,27H,4-5,8,10,13-16,19H2,1-3H3/b28-18-. The number of thioether (sulfide) groups is 1. The normalized spacial score (nSPS) is 23.0. The molecule has 1 saturated carbocycles. The maximum atomic E-state index is 13.7. The lowest BCUT2D eigenvalue weighted by Gasteiger charge is -2.45. The van der Waals surface area contributed by atoms with Crippen molar-refractivity contribution in [3.05, 3.63) is 62.5 Å². The van der Waals surface area contributed by atoms with Crippen LogP contribution in [-0.2, 0) is 9.59 Å². The van der Waals surface area contributed by atoms with E-state index in [0.717, 1.165) is 53.0 Å². The van der Waals surface area contributed by atoms with Crippen LogP contribution in [0.2, 0.25) is 0 Å². The summed E-state index contributed by atoms with van der Waals surface area (Å²) < 4.78 is 6.20. The number of nitrogens with zero attached hydrogens (tertiary/aromatic N) is 3. The first-order valence-electron chi connectivity index (χ1n) is 13.5. The summed E-state index contributed by atoms with van der Waals surface area (Å²) in [6.45, 7) is 7.44. The molecule has 3 aliphatic rings. The number of rotatable bonds is 5. The van der Waals surface area contributed by atoms with Crippen molar-refractivity contribution >= 4 is 51.3 Å².